The van der Waals surface area contributed by atoms with Crippen LogP contribution in [0.3, 0.4) is 0 Å². The monoisotopic (exact) mass is 481 g/mol. The van der Waals surface area contributed by atoms with Gasteiger partial charge >= 0.3 is 0 Å². The van der Waals surface area contributed by atoms with Crippen LogP contribution in [0.25, 0.3) is 11.3 Å². The van der Waals surface area contributed by atoms with E-state index < -0.39 is 0 Å². The maximum atomic E-state index is 12.6. The first-order chi connectivity index (χ1) is 16.1. The smallest absolute Gasteiger partial charge is 0.222 e. The van der Waals surface area contributed by atoms with Crippen molar-refractivity contribution in [2.24, 2.45) is 0 Å². The fraction of sp³-hybridized carbons (Fsp3) is 0.655. The van der Waals surface area contributed by atoms with E-state index >= 15 is 0 Å². The van der Waals surface area contributed by atoms with Crippen LogP contribution in [0.2, 0.25) is 0 Å². The molecule has 0 radical (unpaired) electrons. The summed E-state index contributed by atoms with van der Waals surface area (Å²) in [4.78, 5) is 21.9. The van der Waals surface area contributed by atoms with Crippen molar-refractivity contribution < 1.29 is 4.79 Å². The highest BCUT2D eigenvalue weighted by molar-refractivity contribution is 7.10. The van der Waals surface area contributed by atoms with Gasteiger partial charge in [0.05, 0.1) is 10.7 Å². The maximum Gasteiger partial charge on any atom is 0.222 e. The molecule has 0 bridgehead atoms. The van der Waals surface area contributed by atoms with E-state index in [1.807, 2.05) is 0 Å². The number of nitrogens with zero attached hydrogens (tertiary/aromatic N) is 3. The number of amides is 1. The van der Waals surface area contributed by atoms with Crippen molar-refractivity contribution in [1.29, 1.82) is 0 Å². The summed E-state index contributed by atoms with van der Waals surface area (Å²) in [6, 6.07) is 7.04. The third-order valence-electron chi connectivity index (χ3n) is 8.11. The normalized spacial score (nSPS) is 19.9. The molecule has 2 aliphatic rings. The molecule has 4 rings (SSSR count). The zero-order chi connectivity index (χ0) is 24.5. The van der Waals surface area contributed by atoms with Gasteiger partial charge in [0.1, 0.15) is 0 Å². The molecule has 0 saturated carbocycles. The lowest BCUT2D eigenvalue weighted by Crippen LogP contribution is -2.37. The van der Waals surface area contributed by atoms with E-state index in [0.29, 0.717) is 18.2 Å². The number of benzene rings is 1. The first kappa shape index (κ1) is 25.4. The number of rotatable bonds is 7. The van der Waals surface area contributed by atoms with Gasteiger partial charge in [-0.25, -0.2) is 4.98 Å². The molecule has 4 nitrogen and oxygen atoms in total. The topological polar surface area (TPSA) is 36.4 Å². The number of hydrogen-bond donors (Lipinski definition) is 0. The minimum atomic E-state index is 0.214. The minimum absolute atomic E-state index is 0.214. The van der Waals surface area contributed by atoms with Crippen molar-refractivity contribution >= 4 is 17.2 Å². The Bertz CT molecular complexity index is 999. The Hall–Kier alpha value is -1.72. The summed E-state index contributed by atoms with van der Waals surface area (Å²) in [6.07, 6.45) is 7.29. The first-order valence-corrected chi connectivity index (χ1v) is 14.0. The van der Waals surface area contributed by atoms with Crippen molar-refractivity contribution in [3.63, 3.8) is 0 Å². The molecule has 1 aromatic heterocycles. The van der Waals surface area contributed by atoms with Gasteiger partial charge in [-0.2, -0.15) is 0 Å². The number of carbonyl (C=O) groups excluding carboxylic acids is 1. The lowest BCUT2D eigenvalue weighted by molar-refractivity contribution is -0.132. The SMILES string of the molecule is CN(C)CCCCC(=O)N1CCC(c2nc(-c3ccc4c(c3)C(C)(C)CCC4(C)C)cs2)CC1. The molecule has 1 saturated heterocycles. The fourth-order valence-corrected chi connectivity index (χ4v) is 6.59. The van der Waals surface area contributed by atoms with Crippen LogP contribution in [0.1, 0.15) is 94.7 Å². The van der Waals surface area contributed by atoms with E-state index in [1.165, 1.54) is 34.5 Å². The summed E-state index contributed by atoms with van der Waals surface area (Å²) in [5, 5.41) is 3.48. The highest BCUT2D eigenvalue weighted by Crippen LogP contribution is 2.47. The first-order valence-electron chi connectivity index (χ1n) is 13.1. The number of unbranched alkanes of at least 4 members (excludes halogenated alkanes) is 1. The van der Waals surface area contributed by atoms with E-state index in [9.17, 15) is 4.79 Å². The Morgan fingerprint density at radius 2 is 1.74 bits per heavy atom. The van der Waals surface area contributed by atoms with Crippen molar-refractivity contribution in [1.82, 2.24) is 14.8 Å². The van der Waals surface area contributed by atoms with Gasteiger partial charge in [-0.1, -0.05) is 39.8 Å². The zero-order valence-electron chi connectivity index (χ0n) is 22.1. The quantitative estimate of drug-likeness (QED) is 0.418. The number of hydrogen-bond acceptors (Lipinski definition) is 4. The highest BCUT2D eigenvalue weighted by Gasteiger charge is 2.37. The summed E-state index contributed by atoms with van der Waals surface area (Å²) >= 11 is 1.80. The van der Waals surface area contributed by atoms with Crippen LogP contribution in [0.4, 0.5) is 0 Å². The summed E-state index contributed by atoms with van der Waals surface area (Å²) in [5.41, 5.74) is 5.81. The van der Waals surface area contributed by atoms with Gasteiger partial charge in [-0.3, -0.25) is 4.79 Å². The van der Waals surface area contributed by atoms with Crippen molar-refractivity contribution in [2.75, 3.05) is 33.7 Å². The molecule has 2 aromatic rings. The zero-order valence-corrected chi connectivity index (χ0v) is 22.9. The Morgan fingerprint density at radius 3 is 2.41 bits per heavy atom. The van der Waals surface area contributed by atoms with Gasteiger partial charge in [0.25, 0.3) is 0 Å². The van der Waals surface area contributed by atoms with Crippen LogP contribution in [0, 0.1) is 0 Å². The van der Waals surface area contributed by atoms with Gasteiger partial charge < -0.3 is 9.80 Å². The van der Waals surface area contributed by atoms with Gasteiger partial charge in [0.15, 0.2) is 0 Å². The van der Waals surface area contributed by atoms with Gasteiger partial charge in [0, 0.05) is 36.4 Å². The van der Waals surface area contributed by atoms with Gasteiger partial charge in [-0.05, 0) is 87.2 Å². The molecule has 1 aliphatic heterocycles. The fourth-order valence-electron chi connectivity index (χ4n) is 5.59. The summed E-state index contributed by atoms with van der Waals surface area (Å²) in [6.45, 7) is 12.3. The lowest BCUT2D eigenvalue weighted by atomic mass is 9.63. The molecule has 1 fully saturated rings. The molecule has 0 unspecified atom stereocenters. The predicted molar refractivity (Wildman–Crippen MR) is 144 cm³/mol. The van der Waals surface area contributed by atoms with Gasteiger partial charge in [0.2, 0.25) is 5.91 Å². The number of piperidine rings is 1. The second-order valence-corrected chi connectivity index (χ2v) is 12.9. The van der Waals surface area contributed by atoms with Crippen LogP contribution < -0.4 is 0 Å². The Balaban J connectivity index is 1.38. The molecule has 0 N–H and O–H groups in total. The van der Waals surface area contributed by atoms with E-state index in [2.05, 4.69) is 75.2 Å². The standard InChI is InChI=1S/C29H43N3OS/c1-28(2)14-15-29(3,4)24-19-22(10-11-23(24)28)25-20-34-27(30-25)21-12-17-32(18-13-21)26(33)9-7-8-16-31(5)6/h10-11,19-21H,7-9,12-18H2,1-6H3. The summed E-state index contributed by atoms with van der Waals surface area (Å²) in [5.74, 6) is 0.807. The number of fused-ring (bicyclic) bond motifs is 1. The average molecular weight is 482 g/mol. The Kier molecular flexibility index (Phi) is 7.54. The molecule has 5 heteroatoms. The number of carbonyl (C=O) groups is 1. The third kappa shape index (κ3) is 5.57. The third-order valence-corrected chi connectivity index (χ3v) is 9.12. The van der Waals surface area contributed by atoms with E-state index in [0.717, 1.165) is 51.0 Å². The van der Waals surface area contributed by atoms with Gasteiger partial charge in [-0.15, -0.1) is 11.3 Å². The highest BCUT2D eigenvalue weighted by atomic mass is 32.1. The largest absolute Gasteiger partial charge is 0.343 e. The molecule has 186 valence electrons. The molecular formula is C29H43N3OS. The molecule has 1 aromatic carbocycles. The van der Waals surface area contributed by atoms with Crippen molar-refractivity contribution in [3.8, 4) is 11.3 Å². The molecule has 2 heterocycles. The number of aromatic nitrogens is 1. The van der Waals surface area contributed by atoms with Crippen LogP contribution in [0.15, 0.2) is 23.6 Å². The molecular weight excluding hydrogens is 438 g/mol. The second kappa shape index (κ2) is 10.1. The van der Waals surface area contributed by atoms with Crippen LogP contribution in [-0.2, 0) is 15.6 Å². The minimum Gasteiger partial charge on any atom is -0.343 e. The molecule has 34 heavy (non-hydrogen) atoms. The lowest BCUT2D eigenvalue weighted by Gasteiger charge is -2.42. The molecule has 1 amide bonds. The van der Waals surface area contributed by atoms with Crippen LogP contribution >= 0.6 is 11.3 Å². The Morgan fingerprint density at radius 1 is 1.06 bits per heavy atom. The van der Waals surface area contributed by atoms with E-state index in [1.54, 1.807) is 11.3 Å². The molecule has 1 aliphatic carbocycles. The second-order valence-electron chi connectivity index (χ2n) is 12.0. The average Bonchev–Trinajstić information content (AvgIpc) is 3.30. The van der Waals surface area contributed by atoms with E-state index in [4.69, 9.17) is 4.98 Å². The predicted octanol–water partition coefficient (Wildman–Crippen LogP) is 6.60. The maximum absolute atomic E-state index is 12.6. The van der Waals surface area contributed by atoms with Crippen LogP contribution in [-0.4, -0.2) is 54.4 Å². The number of thiazole rings is 1. The van der Waals surface area contributed by atoms with E-state index in [-0.39, 0.29) is 10.8 Å². The molecule has 0 spiro atoms. The Labute approximate surface area is 210 Å². The number of likely N-dealkylation sites (tertiary alicyclic amines) is 1. The summed E-state index contributed by atoms with van der Waals surface area (Å²) in [7, 11) is 4.17. The molecule has 0 atom stereocenters. The van der Waals surface area contributed by atoms with Crippen molar-refractivity contribution in [3.05, 3.63) is 39.7 Å². The summed E-state index contributed by atoms with van der Waals surface area (Å²) < 4.78 is 0. The van der Waals surface area contributed by atoms with Crippen LogP contribution in [0.5, 0.6) is 0 Å². The van der Waals surface area contributed by atoms with Crippen molar-refractivity contribution in [2.45, 2.75) is 89.4 Å².